The van der Waals surface area contributed by atoms with E-state index in [1.807, 2.05) is 19.1 Å². The molecule has 0 unspecified atom stereocenters. The van der Waals surface area contributed by atoms with Crippen LogP contribution in [0.3, 0.4) is 0 Å². The SMILES string of the molecule is CCCc1ccc(OCCNC(=O)[C@@H](CC)Oc2ccc(N(C)S(C)(=O)=O)cc2)cc1. The molecule has 2 rings (SSSR count). The van der Waals surface area contributed by atoms with Gasteiger partial charge in [-0.1, -0.05) is 32.4 Å². The minimum absolute atomic E-state index is 0.221. The topological polar surface area (TPSA) is 84.9 Å². The Morgan fingerprint density at radius 3 is 2.19 bits per heavy atom. The summed E-state index contributed by atoms with van der Waals surface area (Å²) in [6.45, 7) is 4.74. The Kier molecular flexibility index (Phi) is 9.18. The summed E-state index contributed by atoms with van der Waals surface area (Å²) < 4.78 is 35.9. The van der Waals surface area contributed by atoms with Gasteiger partial charge in [0.1, 0.15) is 18.1 Å². The third-order valence-corrected chi connectivity index (χ3v) is 5.98. The number of aryl methyl sites for hydroxylation is 1. The van der Waals surface area contributed by atoms with E-state index in [9.17, 15) is 13.2 Å². The van der Waals surface area contributed by atoms with E-state index in [1.54, 1.807) is 24.3 Å². The maximum atomic E-state index is 12.4. The first-order chi connectivity index (χ1) is 14.7. The molecule has 0 aliphatic carbocycles. The Bertz CT molecular complexity index is 927. The van der Waals surface area contributed by atoms with Crippen LogP contribution in [-0.4, -0.2) is 46.9 Å². The van der Waals surface area contributed by atoms with E-state index in [-0.39, 0.29) is 5.91 Å². The summed E-state index contributed by atoms with van der Waals surface area (Å²) in [6, 6.07) is 14.6. The van der Waals surface area contributed by atoms with Crippen molar-refractivity contribution in [1.82, 2.24) is 5.32 Å². The molecule has 1 amide bonds. The second-order valence-corrected chi connectivity index (χ2v) is 9.29. The standard InChI is InChI=1S/C23H32N2O5S/c1-5-7-18-8-12-20(13-9-18)29-17-16-24-23(26)22(6-2)30-21-14-10-19(11-15-21)25(3)31(4,27)28/h8-15,22H,5-7,16-17H2,1-4H3,(H,24,26)/t22-/m1/s1. The molecule has 2 aromatic carbocycles. The van der Waals surface area contributed by atoms with Gasteiger partial charge in [0, 0.05) is 7.05 Å². The highest BCUT2D eigenvalue weighted by Gasteiger charge is 2.18. The van der Waals surface area contributed by atoms with Crippen molar-refractivity contribution in [2.24, 2.45) is 0 Å². The number of carbonyl (C=O) groups is 1. The van der Waals surface area contributed by atoms with Crippen molar-refractivity contribution in [3.05, 3.63) is 54.1 Å². The van der Waals surface area contributed by atoms with Crippen LogP contribution in [0.4, 0.5) is 5.69 Å². The van der Waals surface area contributed by atoms with Gasteiger partial charge in [0.15, 0.2) is 6.10 Å². The van der Waals surface area contributed by atoms with Gasteiger partial charge in [0.05, 0.1) is 18.5 Å². The zero-order valence-corrected chi connectivity index (χ0v) is 19.4. The quantitative estimate of drug-likeness (QED) is 0.503. The summed E-state index contributed by atoms with van der Waals surface area (Å²) in [6.07, 6.45) is 3.14. The minimum Gasteiger partial charge on any atom is -0.492 e. The lowest BCUT2D eigenvalue weighted by Crippen LogP contribution is -2.39. The van der Waals surface area contributed by atoms with Gasteiger partial charge in [0.25, 0.3) is 5.91 Å². The fourth-order valence-electron chi connectivity index (χ4n) is 2.91. The molecule has 170 valence electrons. The third-order valence-electron chi connectivity index (χ3n) is 4.77. The Hall–Kier alpha value is -2.74. The van der Waals surface area contributed by atoms with Crippen molar-refractivity contribution >= 4 is 21.6 Å². The van der Waals surface area contributed by atoms with E-state index < -0.39 is 16.1 Å². The second kappa shape index (κ2) is 11.6. The summed E-state index contributed by atoms with van der Waals surface area (Å²) in [5.41, 5.74) is 1.80. The average molecular weight is 449 g/mol. The first-order valence-corrected chi connectivity index (χ1v) is 12.3. The first kappa shape index (κ1) is 24.5. The Labute approximate surface area is 185 Å². The number of nitrogens with one attached hydrogen (secondary N) is 1. The highest BCUT2D eigenvalue weighted by atomic mass is 32.2. The fraction of sp³-hybridized carbons (Fsp3) is 0.435. The van der Waals surface area contributed by atoms with Gasteiger partial charge >= 0.3 is 0 Å². The maximum Gasteiger partial charge on any atom is 0.261 e. The number of hydrogen-bond acceptors (Lipinski definition) is 5. The zero-order chi connectivity index (χ0) is 22.9. The number of amides is 1. The monoisotopic (exact) mass is 448 g/mol. The highest BCUT2D eigenvalue weighted by molar-refractivity contribution is 7.92. The van der Waals surface area contributed by atoms with Crippen LogP contribution in [0.15, 0.2) is 48.5 Å². The lowest BCUT2D eigenvalue weighted by molar-refractivity contribution is -0.128. The summed E-state index contributed by atoms with van der Waals surface area (Å²) in [5.74, 6) is 1.05. The van der Waals surface area contributed by atoms with Gasteiger partial charge in [-0.2, -0.15) is 0 Å². The molecule has 0 fully saturated rings. The molecule has 0 aliphatic rings. The van der Waals surface area contributed by atoms with Crippen LogP contribution in [0, 0.1) is 0 Å². The molecule has 7 nitrogen and oxygen atoms in total. The van der Waals surface area contributed by atoms with Crippen molar-refractivity contribution in [3.63, 3.8) is 0 Å². The molecular formula is C23H32N2O5S. The molecule has 31 heavy (non-hydrogen) atoms. The van der Waals surface area contributed by atoms with Crippen LogP contribution < -0.4 is 19.1 Å². The number of nitrogens with zero attached hydrogens (tertiary/aromatic N) is 1. The summed E-state index contributed by atoms with van der Waals surface area (Å²) in [7, 11) is -1.85. The summed E-state index contributed by atoms with van der Waals surface area (Å²) >= 11 is 0. The second-order valence-electron chi connectivity index (χ2n) is 7.27. The summed E-state index contributed by atoms with van der Waals surface area (Å²) in [5, 5.41) is 2.83. The van der Waals surface area contributed by atoms with Crippen molar-refractivity contribution in [1.29, 1.82) is 0 Å². The van der Waals surface area contributed by atoms with Crippen LogP contribution in [0.25, 0.3) is 0 Å². The molecule has 2 aromatic rings. The van der Waals surface area contributed by atoms with E-state index in [0.29, 0.717) is 31.0 Å². The van der Waals surface area contributed by atoms with Crippen LogP contribution >= 0.6 is 0 Å². The predicted octanol–water partition coefficient (Wildman–Crippen LogP) is 3.39. The number of benzene rings is 2. The number of rotatable bonds is 12. The van der Waals surface area contributed by atoms with Gasteiger partial charge < -0.3 is 14.8 Å². The molecule has 0 saturated heterocycles. The van der Waals surface area contributed by atoms with Crippen LogP contribution in [-0.2, 0) is 21.2 Å². The third kappa shape index (κ3) is 7.79. The lowest BCUT2D eigenvalue weighted by Gasteiger charge is -2.19. The minimum atomic E-state index is -3.33. The summed E-state index contributed by atoms with van der Waals surface area (Å²) in [4.78, 5) is 12.4. The number of anilines is 1. The van der Waals surface area contributed by atoms with Gasteiger partial charge in [-0.25, -0.2) is 8.42 Å². The molecule has 0 aliphatic heterocycles. The molecule has 0 saturated carbocycles. The Balaban J connectivity index is 1.81. The molecule has 1 N–H and O–H groups in total. The van der Waals surface area contributed by atoms with E-state index in [0.717, 1.165) is 24.8 Å². The van der Waals surface area contributed by atoms with E-state index >= 15 is 0 Å². The van der Waals surface area contributed by atoms with Gasteiger partial charge in [-0.3, -0.25) is 9.10 Å². The number of carbonyl (C=O) groups excluding carboxylic acids is 1. The number of sulfonamides is 1. The molecule has 0 spiro atoms. The van der Waals surface area contributed by atoms with Crippen LogP contribution in [0.5, 0.6) is 11.5 Å². The zero-order valence-electron chi connectivity index (χ0n) is 18.6. The molecule has 0 bridgehead atoms. The Morgan fingerprint density at radius 1 is 1.03 bits per heavy atom. The largest absolute Gasteiger partial charge is 0.492 e. The first-order valence-electron chi connectivity index (χ1n) is 10.4. The maximum absolute atomic E-state index is 12.4. The van der Waals surface area contributed by atoms with E-state index in [1.165, 1.54) is 16.9 Å². The van der Waals surface area contributed by atoms with Gasteiger partial charge in [0.2, 0.25) is 10.0 Å². The average Bonchev–Trinajstić information content (AvgIpc) is 2.75. The number of hydrogen-bond donors (Lipinski definition) is 1. The van der Waals surface area contributed by atoms with Gasteiger partial charge in [-0.15, -0.1) is 0 Å². The van der Waals surface area contributed by atoms with Crippen molar-refractivity contribution in [2.45, 2.75) is 39.2 Å². The van der Waals surface area contributed by atoms with Crippen molar-refractivity contribution in [3.8, 4) is 11.5 Å². The predicted molar refractivity (Wildman–Crippen MR) is 123 cm³/mol. The molecule has 0 radical (unpaired) electrons. The fourth-order valence-corrected chi connectivity index (χ4v) is 3.42. The van der Waals surface area contributed by atoms with Crippen LogP contribution in [0.1, 0.15) is 32.3 Å². The van der Waals surface area contributed by atoms with E-state index in [2.05, 4.69) is 24.4 Å². The molecule has 1 atom stereocenters. The Morgan fingerprint density at radius 2 is 1.65 bits per heavy atom. The highest BCUT2D eigenvalue weighted by Crippen LogP contribution is 2.21. The normalized spacial score (nSPS) is 12.1. The van der Waals surface area contributed by atoms with Crippen LogP contribution in [0.2, 0.25) is 0 Å². The molecule has 0 aromatic heterocycles. The number of ether oxygens (including phenoxy) is 2. The molecule has 0 heterocycles. The molecule has 8 heteroatoms. The smallest absolute Gasteiger partial charge is 0.261 e. The molecular weight excluding hydrogens is 416 g/mol. The van der Waals surface area contributed by atoms with E-state index in [4.69, 9.17) is 9.47 Å². The van der Waals surface area contributed by atoms with Crippen molar-refractivity contribution < 1.29 is 22.7 Å². The lowest BCUT2D eigenvalue weighted by atomic mass is 10.1. The van der Waals surface area contributed by atoms with Gasteiger partial charge in [-0.05, 0) is 54.8 Å². The van der Waals surface area contributed by atoms with Crippen molar-refractivity contribution in [2.75, 3.05) is 30.8 Å².